The van der Waals surface area contributed by atoms with Gasteiger partial charge in [-0.25, -0.2) is 9.59 Å². The van der Waals surface area contributed by atoms with Crippen LogP contribution in [-0.4, -0.2) is 47.7 Å². The molecule has 2 aromatic rings. The number of carbonyl (C=O) groups excluding carboxylic acids is 4. The first-order chi connectivity index (χ1) is 16.7. The maximum atomic E-state index is 12.8. The Morgan fingerprint density at radius 2 is 1.36 bits per heavy atom. The molecule has 0 aromatic heterocycles. The second-order valence-electron chi connectivity index (χ2n) is 10.4. The number of hydrogen-bond acceptors (Lipinski definition) is 7. The third kappa shape index (κ3) is 9.17. The van der Waals surface area contributed by atoms with Gasteiger partial charge >= 0.3 is 18.0 Å². The molecule has 2 rings (SSSR count). The Bertz CT molecular complexity index is 1080. The lowest BCUT2D eigenvalue weighted by molar-refractivity contribution is -0.161. The van der Waals surface area contributed by atoms with Crippen molar-refractivity contribution in [3.63, 3.8) is 0 Å². The summed E-state index contributed by atoms with van der Waals surface area (Å²) in [5.41, 5.74) is -0.0326. The molecule has 36 heavy (non-hydrogen) atoms. The van der Waals surface area contributed by atoms with E-state index >= 15 is 0 Å². The largest absolute Gasteiger partial charge is 0.462 e. The Morgan fingerprint density at radius 1 is 0.778 bits per heavy atom. The predicted octanol–water partition coefficient (Wildman–Crippen LogP) is 4.80. The molecule has 0 radical (unpaired) electrons. The number of benzene rings is 2. The zero-order valence-electron chi connectivity index (χ0n) is 21.9. The van der Waals surface area contributed by atoms with Crippen LogP contribution in [0.1, 0.15) is 75.9 Å². The van der Waals surface area contributed by atoms with Crippen molar-refractivity contribution in [2.45, 2.75) is 71.6 Å². The number of esters is 2. The van der Waals surface area contributed by atoms with E-state index in [0.29, 0.717) is 16.7 Å². The highest BCUT2D eigenvalue weighted by Gasteiger charge is 2.31. The summed E-state index contributed by atoms with van der Waals surface area (Å²) in [6.45, 7) is 11.3. The second-order valence-corrected chi connectivity index (χ2v) is 10.4. The summed E-state index contributed by atoms with van der Waals surface area (Å²) in [5, 5.41) is 2.41. The zero-order chi connectivity index (χ0) is 27.1. The molecule has 2 aromatic carbocycles. The molecule has 0 aliphatic carbocycles. The van der Waals surface area contributed by atoms with Gasteiger partial charge in [0.1, 0.15) is 17.8 Å². The van der Waals surface area contributed by atoms with Gasteiger partial charge in [-0.1, -0.05) is 48.5 Å². The van der Waals surface area contributed by atoms with Crippen molar-refractivity contribution >= 4 is 23.8 Å². The SMILES string of the molecule is C[C@@H](C(=O)OC[C@H](NC(=O)OC(C)(C)C)C(=O)OC(C)(C)C)c1cccc(C(=O)c2ccccc2)c1. The summed E-state index contributed by atoms with van der Waals surface area (Å²) in [5.74, 6) is -2.28. The van der Waals surface area contributed by atoms with Gasteiger partial charge in [-0.2, -0.15) is 0 Å². The molecule has 0 bridgehead atoms. The van der Waals surface area contributed by atoms with Crippen LogP contribution in [0, 0.1) is 0 Å². The molecule has 194 valence electrons. The first-order valence-corrected chi connectivity index (χ1v) is 11.7. The quantitative estimate of drug-likeness (QED) is 0.317. The molecule has 0 saturated heterocycles. The molecule has 8 heteroatoms. The van der Waals surface area contributed by atoms with Crippen LogP contribution in [-0.2, 0) is 23.8 Å². The van der Waals surface area contributed by atoms with Crippen molar-refractivity contribution < 1.29 is 33.4 Å². The Morgan fingerprint density at radius 3 is 1.94 bits per heavy atom. The average molecular weight is 498 g/mol. The van der Waals surface area contributed by atoms with Gasteiger partial charge in [0.25, 0.3) is 0 Å². The first kappa shape index (κ1) is 28.6. The predicted molar refractivity (Wildman–Crippen MR) is 135 cm³/mol. The number of nitrogens with one attached hydrogen (secondary N) is 1. The van der Waals surface area contributed by atoms with Crippen LogP contribution in [0.25, 0.3) is 0 Å². The third-order valence-electron chi connectivity index (χ3n) is 4.81. The van der Waals surface area contributed by atoms with Gasteiger partial charge in [0.05, 0.1) is 5.92 Å². The third-order valence-corrected chi connectivity index (χ3v) is 4.81. The summed E-state index contributed by atoms with van der Waals surface area (Å²) < 4.78 is 15.9. The lowest BCUT2D eigenvalue weighted by atomic mass is 9.96. The second kappa shape index (κ2) is 11.8. The molecule has 0 unspecified atom stereocenters. The van der Waals surface area contributed by atoms with Crippen molar-refractivity contribution in [2.24, 2.45) is 0 Å². The normalized spacial score (nSPS) is 13.2. The maximum absolute atomic E-state index is 12.8. The van der Waals surface area contributed by atoms with E-state index in [1.165, 1.54) is 0 Å². The van der Waals surface area contributed by atoms with Gasteiger partial charge in [0, 0.05) is 11.1 Å². The number of ketones is 1. The van der Waals surface area contributed by atoms with Gasteiger partial charge in [0.15, 0.2) is 11.8 Å². The van der Waals surface area contributed by atoms with Crippen molar-refractivity contribution in [3.8, 4) is 0 Å². The fraction of sp³-hybridized carbons (Fsp3) is 0.429. The van der Waals surface area contributed by atoms with Gasteiger partial charge < -0.3 is 19.5 Å². The minimum absolute atomic E-state index is 0.162. The molecule has 1 amide bonds. The highest BCUT2D eigenvalue weighted by Crippen LogP contribution is 2.20. The van der Waals surface area contributed by atoms with Crippen LogP contribution >= 0.6 is 0 Å². The van der Waals surface area contributed by atoms with Gasteiger partial charge in [0.2, 0.25) is 0 Å². The van der Waals surface area contributed by atoms with Gasteiger partial charge in [-0.3, -0.25) is 9.59 Å². The lowest BCUT2D eigenvalue weighted by Crippen LogP contribution is -2.48. The highest BCUT2D eigenvalue weighted by atomic mass is 16.6. The lowest BCUT2D eigenvalue weighted by Gasteiger charge is -2.26. The number of alkyl carbamates (subject to hydrolysis) is 1. The van der Waals surface area contributed by atoms with E-state index in [0.717, 1.165) is 0 Å². The van der Waals surface area contributed by atoms with Crippen LogP contribution in [0.2, 0.25) is 0 Å². The van der Waals surface area contributed by atoms with E-state index in [1.54, 1.807) is 97.0 Å². The molecule has 1 N–H and O–H groups in total. The Hall–Kier alpha value is -3.68. The minimum atomic E-state index is -1.26. The summed E-state index contributed by atoms with van der Waals surface area (Å²) in [6.07, 6.45) is -0.838. The Balaban J connectivity index is 2.11. The number of ether oxygens (including phenoxy) is 3. The van der Waals surface area contributed by atoms with Gasteiger partial charge in [-0.05, 0) is 60.1 Å². The van der Waals surface area contributed by atoms with E-state index in [4.69, 9.17) is 14.2 Å². The minimum Gasteiger partial charge on any atom is -0.462 e. The molecule has 0 aliphatic heterocycles. The first-order valence-electron chi connectivity index (χ1n) is 11.7. The molecule has 0 fully saturated rings. The van der Waals surface area contributed by atoms with E-state index in [1.807, 2.05) is 6.07 Å². The van der Waals surface area contributed by atoms with Crippen LogP contribution in [0.3, 0.4) is 0 Å². The fourth-order valence-electron chi connectivity index (χ4n) is 3.12. The summed E-state index contributed by atoms with van der Waals surface area (Å²) in [6, 6.07) is 14.3. The van der Waals surface area contributed by atoms with Crippen molar-refractivity contribution in [1.29, 1.82) is 0 Å². The number of amides is 1. The van der Waals surface area contributed by atoms with Crippen LogP contribution in [0.15, 0.2) is 54.6 Å². The molecule has 0 heterocycles. The topological polar surface area (TPSA) is 108 Å². The van der Waals surface area contributed by atoms with Gasteiger partial charge in [-0.15, -0.1) is 0 Å². The molecular weight excluding hydrogens is 462 g/mol. The maximum Gasteiger partial charge on any atom is 0.408 e. The fourth-order valence-corrected chi connectivity index (χ4v) is 3.12. The number of rotatable bonds is 8. The summed E-state index contributed by atoms with van der Waals surface area (Å²) in [4.78, 5) is 50.5. The Kier molecular flexibility index (Phi) is 9.39. The standard InChI is InChI=1S/C28H35NO7/c1-18(20-14-11-15-21(16-20)23(30)19-12-9-8-10-13-19)24(31)34-17-22(25(32)35-27(2,3)4)29-26(33)36-28(5,6)7/h8-16,18,22H,17H2,1-7H3,(H,29,33)/t18-,22+/m1/s1. The Labute approximate surface area is 212 Å². The van der Waals surface area contributed by atoms with Crippen LogP contribution < -0.4 is 5.32 Å². The number of carbonyl (C=O) groups is 4. The summed E-state index contributed by atoms with van der Waals surface area (Å²) >= 11 is 0. The monoisotopic (exact) mass is 497 g/mol. The van der Waals surface area contributed by atoms with Crippen molar-refractivity contribution in [3.05, 3.63) is 71.3 Å². The van der Waals surface area contributed by atoms with Crippen LogP contribution in [0.4, 0.5) is 4.79 Å². The smallest absolute Gasteiger partial charge is 0.408 e. The van der Waals surface area contributed by atoms with E-state index in [9.17, 15) is 19.2 Å². The van der Waals surface area contributed by atoms with E-state index < -0.39 is 47.8 Å². The van der Waals surface area contributed by atoms with Crippen LogP contribution in [0.5, 0.6) is 0 Å². The molecule has 0 spiro atoms. The molecule has 2 atom stereocenters. The zero-order valence-corrected chi connectivity index (χ0v) is 21.9. The highest BCUT2D eigenvalue weighted by molar-refractivity contribution is 6.09. The molecule has 8 nitrogen and oxygen atoms in total. The molecule has 0 aliphatic rings. The van der Waals surface area contributed by atoms with E-state index in [-0.39, 0.29) is 5.78 Å². The van der Waals surface area contributed by atoms with Crippen molar-refractivity contribution in [2.75, 3.05) is 6.61 Å². The number of hydrogen-bond donors (Lipinski definition) is 1. The summed E-state index contributed by atoms with van der Waals surface area (Å²) in [7, 11) is 0. The van der Waals surface area contributed by atoms with E-state index in [2.05, 4.69) is 5.32 Å². The van der Waals surface area contributed by atoms with Crippen molar-refractivity contribution in [1.82, 2.24) is 5.32 Å². The average Bonchev–Trinajstić information content (AvgIpc) is 2.78. The molecule has 0 saturated carbocycles. The molecular formula is C28H35NO7.